The van der Waals surface area contributed by atoms with Crippen molar-refractivity contribution in [1.82, 2.24) is 9.97 Å². The van der Waals surface area contributed by atoms with Gasteiger partial charge in [0.2, 0.25) is 0 Å². The highest BCUT2D eigenvalue weighted by atomic mass is 32.1. The molecule has 96 heavy (non-hydrogen) atoms. The molecule has 470 valence electrons. The van der Waals surface area contributed by atoms with Gasteiger partial charge in [-0.05, 0) is 166 Å². The first-order valence-electron chi connectivity index (χ1n) is 33.5. The maximum Gasteiger partial charge on any atom is 0.0867 e. The first-order chi connectivity index (χ1) is 46.5. The van der Waals surface area contributed by atoms with E-state index in [1.807, 2.05) is 36.7 Å². The summed E-state index contributed by atoms with van der Waals surface area (Å²) in [6.07, 6.45) is 3.70. The maximum absolute atomic E-state index is 4.59. The van der Waals surface area contributed by atoms with Gasteiger partial charge < -0.3 is 0 Å². The summed E-state index contributed by atoms with van der Waals surface area (Å²) in [5.41, 5.74) is 14.7. The monoisotopic (exact) mass is 1310 g/mol. The highest BCUT2D eigenvalue weighted by Crippen LogP contribution is 2.46. The Balaban J connectivity index is 0.000000124. The number of rotatable bonds is 9. The molecule has 2 nitrogen and oxygen atoms in total. The third kappa shape index (κ3) is 11.8. The molecule has 0 atom stereocenters. The van der Waals surface area contributed by atoms with Crippen molar-refractivity contribution in [2.45, 2.75) is 77.8 Å². The zero-order valence-corrected chi connectivity index (χ0v) is 60.2. The quantitative estimate of drug-likeness (QED) is 0.135. The zero-order valence-electron chi connectivity index (χ0n) is 56.6. The van der Waals surface area contributed by atoms with Crippen LogP contribution in [0.5, 0.6) is 0 Å². The number of hydrogen-bond donors (Lipinski definition) is 0. The Labute approximate surface area is 576 Å². The van der Waals surface area contributed by atoms with Crippen LogP contribution in [0.3, 0.4) is 0 Å². The fourth-order valence-corrected chi connectivity index (χ4v) is 19.8. The Kier molecular flexibility index (Phi) is 17.4. The molecule has 0 aliphatic rings. The van der Waals surface area contributed by atoms with Crippen molar-refractivity contribution in [3.05, 3.63) is 302 Å². The first kappa shape index (κ1) is 63.7. The summed E-state index contributed by atoms with van der Waals surface area (Å²) < 4.78 is 0. The lowest BCUT2D eigenvalue weighted by atomic mass is 9.89. The molecule has 12 aromatic carbocycles. The fourth-order valence-electron chi connectivity index (χ4n) is 13.9. The summed E-state index contributed by atoms with van der Waals surface area (Å²) in [5.74, 6) is 0. The van der Waals surface area contributed by atoms with Crippen LogP contribution >= 0.6 is 22.7 Å². The number of fused-ring (bicyclic) bond motifs is 6. The minimum Gasteiger partial charge on any atom is -0.256 e. The van der Waals surface area contributed by atoms with E-state index in [-0.39, 0.29) is 0 Å². The number of aromatic nitrogens is 2. The van der Waals surface area contributed by atoms with Gasteiger partial charge in [-0.15, -0.1) is 22.7 Å². The van der Waals surface area contributed by atoms with Crippen molar-refractivity contribution < 1.29 is 0 Å². The molecule has 16 rings (SSSR count). The second-order valence-electron chi connectivity index (χ2n) is 28.4. The molecule has 0 saturated heterocycles. The van der Waals surface area contributed by atoms with Crippen molar-refractivity contribution in [2.75, 3.05) is 0 Å². The van der Waals surface area contributed by atoms with Gasteiger partial charge >= 0.3 is 0 Å². The summed E-state index contributed by atoms with van der Waals surface area (Å²) >= 11 is 3.59. The van der Waals surface area contributed by atoms with Crippen LogP contribution in [-0.4, -0.2) is 26.1 Å². The smallest absolute Gasteiger partial charge is 0.0867 e. The summed E-state index contributed by atoms with van der Waals surface area (Å²) in [4.78, 5) is 11.8. The third-order valence-corrected chi connectivity index (χ3v) is 33.8. The Morgan fingerprint density at radius 1 is 0.229 bits per heavy atom. The van der Waals surface area contributed by atoms with Crippen molar-refractivity contribution in [2.24, 2.45) is 0 Å². The van der Waals surface area contributed by atoms with Gasteiger partial charge in [-0.2, -0.15) is 0 Å². The number of nitrogens with zero attached hydrogens (tertiary/aromatic N) is 2. The Bertz CT molecular complexity index is 5140. The van der Waals surface area contributed by atoms with E-state index in [2.05, 4.69) is 343 Å². The van der Waals surface area contributed by atoms with Gasteiger partial charge in [-0.3, -0.25) is 9.97 Å². The van der Waals surface area contributed by atoms with Crippen LogP contribution in [0.25, 0.3) is 141 Å². The number of thiophene rings is 2. The number of pyridine rings is 2. The highest BCUT2D eigenvalue weighted by molar-refractivity contribution is 7.14. The van der Waals surface area contributed by atoms with Gasteiger partial charge in [0.15, 0.2) is 0 Å². The maximum atomic E-state index is 4.59. The zero-order chi connectivity index (χ0) is 66.3. The van der Waals surface area contributed by atoms with Crippen LogP contribution in [0.2, 0.25) is 36.3 Å². The highest BCUT2D eigenvalue weighted by Gasteiger charge is 2.39. The van der Waals surface area contributed by atoms with Gasteiger partial charge in [-0.25, -0.2) is 0 Å². The van der Waals surface area contributed by atoms with Crippen molar-refractivity contribution in [3.63, 3.8) is 0 Å². The standard InChI is InChI=1S/C32H42Si2.C30H20N2.C28H18S2/c1-31(2,3)33(7,8)29-21-19-25(23-15-11-13-17-27(23)29)26-20-22-30(34(9,10)32(4,5)6)28-18-14-12-16-24(26)28;1-3-11-23-21(9-1)25(15-17-27(23)29-13-5-7-19-31-29)26-16-18-28(30-14-6-8-20-32-30)24-12-4-2-10-22(24)26;1-3-9-21-19(7-1)23(13-15-25(21)27-11-5-17-29-27)24-14-16-26(28-12-6-18-30-28)22-10-4-2-8-20(22)24/h11-22H,1-10H3;1-20H;1-18H. The van der Waals surface area contributed by atoms with E-state index < -0.39 is 16.1 Å². The van der Waals surface area contributed by atoms with Gasteiger partial charge in [0.25, 0.3) is 0 Å². The average molecular weight is 1310 g/mol. The lowest BCUT2D eigenvalue weighted by Crippen LogP contribution is -2.49. The summed E-state index contributed by atoms with van der Waals surface area (Å²) in [6.45, 7) is 24.6. The fraction of sp³-hybridized carbons (Fsp3) is 0.133. The van der Waals surface area contributed by atoms with Crippen LogP contribution in [0.4, 0.5) is 0 Å². The molecule has 0 saturated carbocycles. The molecular weight excluding hydrogens is 1230 g/mol. The Morgan fingerprint density at radius 2 is 0.458 bits per heavy atom. The van der Waals surface area contributed by atoms with Gasteiger partial charge in [0.05, 0.1) is 27.5 Å². The van der Waals surface area contributed by atoms with E-state index in [0.717, 1.165) is 22.5 Å². The summed E-state index contributed by atoms with van der Waals surface area (Å²) in [7, 11) is -3.34. The SMILES string of the molecule is CC(C)(C)[Si](C)(C)c1ccc(-c2ccc([Si](C)(C)C(C)(C)C)c3ccccc23)c2ccccc12.c1ccc(-c2ccc(-c3ccc(-c4ccccn4)c4ccccc34)c3ccccc23)nc1.c1csc(-c2ccc(-c3ccc(-c4cccs4)c4ccccc34)c3ccccc23)c1. The van der Waals surface area contributed by atoms with E-state index in [4.69, 9.17) is 0 Å². The topological polar surface area (TPSA) is 25.8 Å². The van der Waals surface area contributed by atoms with E-state index in [1.165, 1.54) is 119 Å². The van der Waals surface area contributed by atoms with Crippen LogP contribution in [0.1, 0.15) is 41.5 Å². The van der Waals surface area contributed by atoms with Crippen LogP contribution in [0, 0.1) is 0 Å². The minimum absolute atomic E-state index is 0.300. The molecule has 0 aliphatic heterocycles. The average Bonchev–Trinajstić information content (AvgIpc) is 0.769. The lowest BCUT2D eigenvalue weighted by molar-refractivity contribution is 0.729. The molecule has 0 bridgehead atoms. The van der Waals surface area contributed by atoms with Crippen LogP contribution in [-0.2, 0) is 0 Å². The molecule has 0 N–H and O–H groups in total. The van der Waals surface area contributed by atoms with Crippen molar-refractivity contribution in [1.29, 1.82) is 0 Å². The number of hydrogen-bond acceptors (Lipinski definition) is 4. The predicted molar refractivity (Wildman–Crippen MR) is 427 cm³/mol. The van der Waals surface area contributed by atoms with Gasteiger partial charge in [0.1, 0.15) is 0 Å². The normalized spacial score (nSPS) is 12.1. The van der Waals surface area contributed by atoms with Crippen LogP contribution in [0.15, 0.2) is 302 Å². The summed E-state index contributed by atoms with van der Waals surface area (Å²) in [5, 5.41) is 23.8. The van der Waals surface area contributed by atoms with Crippen molar-refractivity contribution >= 4 is 114 Å². The molecule has 0 aliphatic carbocycles. The second-order valence-corrected chi connectivity index (χ2v) is 40.8. The molecule has 0 unspecified atom stereocenters. The molecule has 4 heterocycles. The molecule has 0 spiro atoms. The number of benzene rings is 12. The Morgan fingerprint density at radius 3 is 0.719 bits per heavy atom. The molecular formula is C90H80N2S2Si2. The minimum atomic E-state index is -1.67. The first-order valence-corrected chi connectivity index (χ1v) is 41.3. The van der Waals surface area contributed by atoms with E-state index >= 15 is 0 Å². The molecule has 0 radical (unpaired) electrons. The molecule has 6 heteroatoms. The third-order valence-electron chi connectivity index (χ3n) is 21.0. The van der Waals surface area contributed by atoms with E-state index in [9.17, 15) is 0 Å². The van der Waals surface area contributed by atoms with E-state index in [1.54, 1.807) is 33.0 Å². The molecule has 0 fully saturated rings. The second kappa shape index (κ2) is 26.2. The molecule has 4 aromatic heterocycles. The van der Waals surface area contributed by atoms with Gasteiger partial charge in [0, 0.05) is 33.3 Å². The molecule has 0 amide bonds. The largest absolute Gasteiger partial charge is 0.256 e. The molecule has 16 aromatic rings. The van der Waals surface area contributed by atoms with E-state index in [0.29, 0.717) is 10.1 Å². The predicted octanol–water partition coefficient (Wildman–Crippen LogP) is 26.0. The van der Waals surface area contributed by atoms with Gasteiger partial charge in [-0.1, -0.05) is 321 Å². The lowest BCUT2D eigenvalue weighted by Gasteiger charge is -2.39. The van der Waals surface area contributed by atoms with Crippen molar-refractivity contribution in [3.8, 4) is 76.8 Å². The Hall–Kier alpha value is -9.67. The van der Waals surface area contributed by atoms with Crippen LogP contribution < -0.4 is 10.4 Å². The summed E-state index contributed by atoms with van der Waals surface area (Å²) in [6, 6.07) is 101.